The highest BCUT2D eigenvalue weighted by atomic mass is 35.5. The zero-order valence-corrected chi connectivity index (χ0v) is 4.35. The first-order valence-corrected chi connectivity index (χ1v) is 2.53. The van der Waals surface area contributed by atoms with Crippen LogP contribution in [0.2, 0.25) is 0 Å². The number of ether oxygens (including phenoxy) is 1. The summed E-state index contributed by atoms with van der Waals surface area (Å²) in [7, 11) is 0. The van der Waals surface area contributed by atoms with Gasteiger partial charge in [-0.25, -0.2) is 0 Å². The van der Waals surface area contributed by atoms with Crippen LogP contribution >= 0.6 is 11.6 Å². The fourth-order valence-corrected chi connectivity index (χ4v) is 0.608. The van der Waals surface area contributed by atoms with E-state index in [9.17, 15) is 0 Å². The third-order valence-corrected chi connectivity index (χ3v) is 1.17. The van der Waals surface area contributed by atoms with Crippen molar-refractivity contribution in [2.75, 3.05) is 5.88 Å². The average Bonchev–Trinajstić information content (AvgIpc) is 2.43. The Morgan fingerprint density at radius 3 is 2.71 bits per heavy atom. The molecule has 1 heterocycles. The molecular weight excluding hydrogens is 114 g/mol. The summed E-state index contributed by atoms with van der Waals surface area (Å²) in [6.45, 7) is 0. The fraction of sp³-hybridized carbons (Fsp3) is 0.750. The van der Waals surface area contributed by atoms with E-state index in [0.717, 1.165) is 0 Å². The summed E-state index contributed by atoms with van der Waals surface area (Å²) in [6, 6.07) is 1.93. The quantitative estimate of drug-likeness (QED) is 0.371. The Hall–Kier alpha value is -0.260. The number of nitriles is 1. The van der Waals surface area contributed by atoms with E-state index in [4.69, 9.17) is 21.6 Å². The van der Waals surface area contributed by atoms with E-state index in [1.54, 1.807) is 0 Å². The van der Waals surface area contributed by atoms with Gasteiger partial charge in [-0.15, -0.1) is 11.6 Å². The van der Waals surface area contributed by atoms with Gasteiger partial charge < -0.3 is 4.74 Å². The first-order valence-electron chi connectivity index (χ1n) is 1.99. The van der Waals surface area contributed by atoms with Crippen molar-refractivity contribution in [1.29, 1.82) is 5.26 Å². The molecule has 2 atom stereocenters. The maximum atomic E-state index is 8.07. The Morgan fingerprint density at radius 1 is 1.86 bits per heavy atom. The summed E-state index contributed by atoms with van der Waals surface area (Å²) in [5.74, 6) is 0.443. The average molecular weight is 118 g/mol. The fourth-order valence-electron chi connectivity index (χ4n) is 0.374. The standard InChI is InChI=1S/C4H4ClNO/c5-1-3-4(2-6)7-3/h3-4H,1H2/t3-,4+/m1/s1. The third-order valence-electron chi connectivity index (χ3n) is 0.862. The molecule has 0 aromatic carbocycles. The van der Waals surface area contributed by atoms with Gasteiger partial charge in [-0.2, -0.15) is 5.26 Å². The van der Waals surface area contributed by atoms with Gasteiger partial charge in [0, 0.05) is 0 Å². The lowest BCUT2D eigenvalue weighted by atomic mass is 10.4. The molecule has 0 spiro atoms. The van der Waals surface area contributed by atoms with Crippen LogP contribution in [-0.2, 0) is 4.74 Å². The van der Waals surface area contributed by atoms with Gasteiger partial charge in [0.25, 0.3) is 0 Å². The van der Waals surface area contributed by atoms with Gasteiger partial charge in [-0.05, 0) is 0 Å². The van der Waals surface area contributed by atoms with Crippen LogP contribution in [0.3, 0.4) is 0 Å². The second kappa shape index (κ2) is 1.69. The molecule has 0 aliphatic carbocycles. The molecule has 0 bridgehead atoms. The summed E-state index contributed by atoms with van der Waals surface area (Å²) >= 11 is 5.30. The molecule has 2 nitrogen and oxygen atoms in total. The van der Waals surface area contributed by atoms with Crippen molar-refractivity contribution in [3.63, 3.8) is 0 Å². The number of nitrogens with zero attached hydrogens (tertiary/aromatic N) is 1. The van der Waals surface area contributed by atoms with Crippen LogP contribution in [0, 0.1) is 11.3 Å². The van der Waals surface area contributed by atoms with Crippen LogP contribution in [0.1, 0.15) is 0 Å². The monoisotopic (exact) mass is 117 g/mol. The minimum absolute atomic E-state index is 0.0201. The summed E-state index contributed by atoms with van der Waals surface area (Å²) in [5.41, 5.74) is 0. The van der Waals surface area contributed by atoms with Crippen molar-refractivity contribution < 1.29 is 4.74 Å². The van der Waals surface area contributed by atoms with E-state index in [0.29, 0.717) is 5.88 Å². The lowest BCUT2D eigenvalue weighted by Gasteiger charge is -1.68. The molecule has 0 radical (unpaired) electrons. The van der Waals surface area contributed by atoms with Gasteiger partial charge in [-0.1, -0.05) is 0 Å². The Bertz CT molecular complexity index is 109. The normalized spacial score (nSPS) is 37.1. The predicted octanol–water partition coefficient (Wildman–Crippen LogP) is 0.516. The molecule has 7 heavy (non-hydrogen) atoms. The number of hydrogen-bond donors (Lipinski definition) is 0. The van der Waals surface area contributed by atoms with E-state index in [2.05, 4.69) is 0 Å². The SMILES string of the molecule is N#C[C@@H]1O[C@@H]1CCl. The van der Waals surface area contributed by atoms with Gasteiger partial charge in [0.1, 0.15) is 6.10 Å². The van der Waals surface area contributed by atoms with Crippen molar-refractivity contribution in [3.05, 3.63) is 0 Å². The molecule has 1 saturated heterocycles. The summed E-state index contributed by atoms with van der Waals surface area (Å²) < 4.78 is 4.72. The zero-order chi connectivity index (χ0) is 5.28. The van der Waals surface area contributed by atoms with Crippen LogP contribution in [0.4, 0.5) is 0 Å². The molecule has 0 N–H and O–H groups in total. The van der Waals surface area contributed by atoms with E-state index in [1.165, 1.54) is 0 Å². The number of alkyl halides is 1. The molecule has 1 fully saturated rings. The van der Waals surface area contributed by atoms with Crippen molar-refractivity contribution in [3.8, 4) is 6.07 Å². The number of epoxide rings is 1. The maximum Gasteiger partial charge on any atom is 0.171 e. The molecule has 0 unspecified atom stereocenters. The van der Waals surface area contributed by atoms with Gasteiger partial charge in [-0.3, -0.25) is 0 Å². The second-order valence-corrected chi connectivity index (χ2v) is 1.69. The van der Waals surface area contributed by atoms with Crippen LogP contribution < -0.4 is 0 Å². The number of halogens is 1. The minimum Gasteiger partial charge on any atom is -0.352 e. The van der Waals surface area contributed by atoms with Crippen LogP contribution in [0.25, 0.3) is 0 Å². The first-order chi connectivity index (χ1) is 3.38. The van der Waals surface area contributed by atoms with E-state index >= 15 is 0 Å². The molecule has 0 aromatic rings. The predicted molar refractivity (Wildman–Crippen MR) is 25.0 cm³/mol. The second-order valence-electron chi connectivity index (χ2n) is 1.38. The highest BCUT2D eigenvalue weighted by molar-refractivity contribution is 6.18. The molecule has 38 valence electrons. The molecule has 3 heteroatoms. The smallest absolute Gasteiger partial charge is 0.171 e. The van der Waals surface area contributed by atoms with Gasteiger partial charge in [0.05, 0.1) is 11.9 Å². The molecule has 1 aliphatic rings. The van der Waals surface area contributed by atoms with Crippen molar-refractivity contribution in [2.24, 2.45) is 0 Å². The maximum absolute atomic E-state index is 8.07. The number of hydrogen-bond acceptors (Lipinski definition) is 2. The van der Waals surface area contributed by atoms with Crippen molar-refractivity contribution in [1.82, 2.24) is 0 Å². The molecule has 1 aliphatic heterocycles. The largest absolute Gasteiger partial charge is 0.352 e. The zero-order valence-electron chi connectivity index (χ0n) is 3.60. The summed E-state index contributed by atoms with van der Waals surface area (Å²) in [4.78, 5) is 0. The minimum atomic E-state index is -0.211. The van der Waals surface area contributed by atoms with Crippen LogP contribution in [0.15, 0.2) is 0 Å². The molecule has 0 aromatic heterocycles. The highest BCUT2D eigenvalue weighted by Gasteiger charge is 2.37. The van der Waals surface area contributed by atoms with E-state index in [-0.39, 0.29) is 12.2 Å². The van der Waals surface area contributed by atoms with Crippen LogP contribution in [0.5, 0.6) is 0 Å². The number of rotatable bonds is 1. The van der Waals surface area contributed by atoms with Crippen molar-refractivity contribution >= 4 is 11.6 Å². The lowest BCUT2D eigenvalue weighted by molar-refractivity contribution is 0.404. The Morgan fingerprint density at radius 2 is 2.57 bits per heavy atom. The molecule has 1 rings (SSSR count). The van der Waals surface area contributed by atoms with E-state index < -0.39 is 0 Å². The molecule has 0 saturated carbocycles. The van der Waals surface area contributed by atoms with Crippen molar-refractivity contribution in [2.45, 2.75) is 12.2 Å². The van der Waals surface area contributed by atoms with Gasteiger partial charge >= 0.3 is 0 Å². The molecular formula is C4H4ClNO. The lowest BCUT2D eigenvalue weighted by Crippen LogP contribution is -1.89. The van der Waals surface area contributed by atoms with E-state index in [1.807, 2.05) is 6.07 Å². The first kappa shape index (κ1) is 4.89. The Kier molecular flexibility index (Phi) is 1.18. The summed E-state index contributed by atoms with van der Waals surface area (Å²) in [6.07, 6.45) is -0.191. The Balaban J connectivity index is 2.21. The Labute approximate surface area is 46.6 Å². The van der Waals surface area contributed by atoms with Crippen LogP contribution in [-0.4, -0.2) is 18.1 Å². The topological polar surface area (TPSA) is 36.3 Å². The summed E-state index contributed by atoms with van der Waals surface area (Å²) in [5, 5.41) is 8.07. The highest BCUT2D eigenvalue weighted by Crippen LogP contribution is 2.21. The van der Waals surface area contributed by atoms with Gasteiger partial charge in [0.15, 0.2) is 6.10 Å². The van der Waals surface area contributed by atoms with Gasteiger partial charge in [0.2, 0.25) is 0 Å². The third kappa shape index (κ3) is 0.846. The molecule has 0 amide bonds.